The van der Waals surface area contributed by atoms with Crippen molar-refractivity contribution in [3.8, 4) is 0 Å². The van der Waals surface area contributed by atoms with Gasteiger partial charge in [0.25, 0.3) is 5.91 Å². The van der Waals surface area contributed by atoms with Crippen molar-refractivity contribution in [2.45, 2.75) is 6.10 Å². The van der Waals surface area contributed by atoms with E-state index in [2.05, 4.69) is 5.10 Å². The smallest absolute Gasteiger partial charge is 0.257 e. The van der Waals surface area contributed by atoms with Crippen LogP contribution in [0.3, 0.4) is 0 Å². The maximum atomic E-state index is 12.1. The molecule has 0 bridgehead atoms. The summed E-state index contributed by atoms with van der Waals surface area (Å²) in [5, 5.41) is 3.97. The predicted octanol–water partition coefficient (Wildman–Crippen LogP) is -0.453. The van der Waals surface area contributed by atoms with Gasteiger partial charge in [0.1, 0.15) is 11.1 Å². The van der Waals surface area contributed by atoms with Crippen molar-refractivity contribution in [1.82, 2.24) is 14.7 Å². The Balaban J connectivity index is 2.07. The van der Waals surface area contributed by atoms with Crippen LogP contribution in [0.15, 0.2) is 12.4 Å². The fourth-order valence-electron chi connectivity index (χ4n) is 1.72. The van der Waals surface area contributed by atoms with E-state index in [9.17, 15) is 4.79 Å². The lowest BCUT2D eigenvalue weighted by molar-refractivity contribution is 0.00878. The second-order valence-corrected chi connectivity index (χ2v) is 4.39. The summed E-state index contributed by atoms with van der Waals surface area (Å²) in [5.74, 6) is -0.0670. The van der Waals surface area contributed by atoms with Crippen LogP contribution in [0.2, 0.25) is 0 Å². The van der Waals surface area contributed by atoms with Gasteiger partial charge in [-0.05, 0) is 0 Å². The van der Waals surface area contributed by atoms with Gasteiger partial charge in [-0.15, -0.1) is 0 Å². The molecule has 1 aromatic heterocycles. The molecule has 1 aliphatic rings. The summed E-state index contributed by atoms with van der Waals surface area (Å²) in [6, 6.07) is 0. The monoisotopic (exact) mass is 254 g/mol. The number of hydrogen-bond acceptors (Lipinski definition) is 4. The number of aromatic nitrogens is 2. The third-order valence-electron chi connectivity index (χ3n) is 2.62. The molecule has 0 aromatic carbocycles. The van der Waals surface area contributed by atoms with Crippen molar-refractivity contribution in [3.63, 3.8) is 0 Å². The number of amides is 1. The number of carbonyl (C=O) groups excluding carboxylic acids is 1. The van der Waals surface area contributed by atoms with Crippen LogP contribution in [0, 0.1) is 0 Å². The second-order valence-electron chi connectivity index (χ2n) is 3.92. The number of ether oxygens (including phenoxy) is 1. The topological polar surface area (TPSA) is 73.4 Å². The van der Waals surface area contributed by atoms with Crippen molar-refractivity contribution in [1.29, 1.82) is 0 Å². The second kappa shape index (κ2) is 4.80. The van der Waals surface area contributed by atoms with Crippen molar-refractivity contribution in [3.05, 3.63) is 18.0 Å². The number of nitrogens with two attached hydrogens (primary N) is 1. The largest absolute Gasteiger partial charge is 0.391 e. The molecule has 1 amide bonds. The van der Waals surface area contributed by atoms with Gasteiger partial charge < -0.3 is 15.4 Å². The molecular formula is C10H14N4O2S. The first-order valence-electron chi connectivity index (χ1n) is 5.27. The third-order valence-corrected chi connectivity index (χ3v) is 2.89. The van der Waals surface area contributed by atoms with Gasteiger partial charge in [-0.25, -0.2) is 0 Å². The van der Waals surface area contributed by atoms with E-state index >= 15 is 0 Å². The van der Waals surface area contributed by atoms with Gasteiger partial charge in [-0.1, -0.05) is 12.2 Å². The summed E-state index contributed by atoms with van der Waals surface area (Å²) in [7, 11) is 1.77. The summed E-state index contributed by atoms with van der Waals surface area (Å²) in [6.07, 6.45) is 2.89. The fraction of sp³-hybridized carbons (Fsp3) is 0.500. The molecule has 0 spiro atoms. The molecule has 17 heavy (non-hydrogen) atoms. The molecule has 1 aromatic rings. The zero-order valence-corrected chi connectivity index (χ0v) is 10.3. The van der Waals surface area contributed by atoms with Crippen molar-refractivity contribution in [2.24, 2.45) is 12.8 Å². The number of carbonyl (C=O) groups is 1. The van der Waals surface area contributed by atoms with Crippen LogP contribution in [0.5, 0.6) is 0 Å². The molecule has 0 saturated carbocycles. The molecule has 2 heterocycles. The zero-order chi connectivity index (χ0) is 12.4. The molecule has 92 valence electrons. The standard InChI is InChI=1S/C10H14N4O2S/c1-13-5-7(4-12-13)10(15)14-2-3-16-8(6-14)9(11)17/h4-5,8H,2-3,6H2,1H3,(H2,11,17). The van der Waals surface area contributed by atoms with Crippen LogP contribution in [0.1, 0.15) is 10.4 Å². The van der Waals surface area contributed by atoms with Crippen LogP contribution in [-0.2, 0) is 11.8 Å². The molecule has 7 heteroatoms. The summed E-state index contributed by atoms with van der Waals surface area (Å²) in [4.78, 5) is 14.1. The highest BCUT2D eigenvalue weighted by Crippen LogP contribution is 2.10. The highest BCUT2D eigenvalue weighted by atomic mass is 32.1. The van der Waals surface area contributed by atoms with Crippen LogP contribution in [-0.4, -0.2) is 51.4 Å². The Bertz CT molecular complexity index is 445. The molecule has 0 aliphatic carbocycles. The Morgan fingerprint density at radius 2 is 2.47 bits per heavy atom. The van der Waals surface area contributed by atoms with Gasteiger partial charge >= 0.3 is 0 Å². The van der Waals surface area contributed by atoms with E-state index in [0.29, 0.717) is 25.3 Å². The average molecular weight is 254 g/mol. The molecular weight excluding hydrogens is 240 g/mol. The molecule has 1 atom stereocenters. The predicted molar refractivity (Wildman–Crippen MR) is 65.6 cm³/mol. The minimum absolute atomic E-state index is 0.0670. The zero-order valence-electron chi connectivity index (χ0n) is 9.50. The third kappa shape index (κ3) is 2.62. The molecule has 1 saturated heterocycles. The Hall–Kier alpha value is -1.47. The molecule has 1 aliphatic heterocycles. The Kier molecular flexibility index (Phi) is 3.39. The minimum atomic E-state index is -0.348. The summed E-state index contributed by atoms with van der Waals surface area (Å²) >= 11 is 4.87. The van der Waals surface area contributed by atoms with Gasteiger partial charge in [-0.2, -0.15) is 5.10 Å². The first-order valence-corrected chi connectivity index (χ1v) is 5.67. The normalized spacial score (nSPS) is 20.3. The van der Waals surface area contributed by atoms with Gasteiger partial charge in [-0.3, -0.25) is 9.48 Å². The number of aryl methyl sites for hydroxylation is 1. The van der Waals surface area contributed by atoms with Gasteiger partial charge in [0, 0.05) is 19.8 Å². The Morgan fingerprint density at radius 3 is 3.06 bits per heavy atom. The van der Waals surface area contributed by atoms with Crippen LogP contribution >= 0.6 is 12.2 Å². The first-order chi connectivity index (χ1) is 8.08. The number of thiocarbonyl (C=S) groups is 1. The van der Waals surface area contributed by atoms with Crippen molar-refractivity contribution >= 4 is 23.1 Å². The number of morpholine rings is 1. The lowest BCUT2D eigenvalue weighted by Gasteiger charge is -2.32. The molecule has 2 N–H and O–H groups in total. The Labute approximate surface area is 104 Å². The summed E-state index contributed by atoms with van der Waals surface area (Å²) in [6.45, 7) is 1.41. The number of rotatable bonds is 2. The summed E-state index contributed by atoms with van der Waals surface area (Å²) in [5.41, 5.74) is 6.09. The molecule has 1 fully saturated rings. The molecule has 6 nitrogen and oxygen atoms in total. The number of hydrogen-bond donors (Lipinski definition) is 1. The maximum absolute atomic E-state index is 12.1. The van der Waals surface area contributed by atoms with Gasteiger partial charge in [0.15, 0.2) is 0 Å². The SMILES string of the molecule is Cn1cc(C(=O)N2CCOC(C(N)=S)C2)cn1. The van der Waals surface area contributed by atoms with E-state index in [1.54, 1.807) is 29.0 Å². The molecule has 2 rings (SSSR count). The maximum Gasteiger partial charge on any atom is 0.257 e. The summed E-state index contributed by atoms with van der Waals surface area (Å²) < 4.78 is 6.98. The molecule has 1 unspecified atom stereocenters. The first kappa shape index (κ1) is 12.0. The van der Waals surface area contributed by atoms with Crippen LogP contribution < -0.4 is 5.73 Å². The van der Waals surface area contributed by atoms with E-state index < -0.39 is 0 Å². The average Bonchev–Trinajstić information content (AvgIpc) is 2.75. The van der Waals surface area contributed by atoms with Gasteiger partial charge in [0.05, 0.1) is 24.9 Å². The highest BCUT2D eigenvalue weighted by molar-refractivity contribution is 7.80. The van der Waals surface area contributed by atoms with E-state index in [-0.39, 0.29) is 17.0 Å². The number of nitrogens with zero attached hydrogens (tertiary/aromatic N) is 3. The van der Waals surface area contributed by atoms with E-state index in [4.69, 9.17) is 22.7 Å². The van der Waals surface area contributed by atoms with Crippen molar-refractivity contribution < 1.29 is 9.53 Å². The Morgan fingerprint density at radius 1 is 1.71 bits per heavy atom. The molecule has 0 radical (unpaired) electrons. The van der Waals surface area contributed by atoms with Crippen molar-refractivity contribution in [2.75, 3.05) is 19.7 Å². The fourth-order valence-corrected chi connectivity index (χ4v) is 1.86. The van der Waals surface area contributed by atoms with Crippen LogP contribution in [0.25, 0.3) is 0 Å². The van der Waals surface area contributed by atoms with E-state index in [1.807, 2.05) is 0 Å². The van der Waals surface area contributed by atoms with Crippen LogP contribution in [0.4, 0.5) is 0 Å². The highest BCUT2D eigenvalue weighted by Gasteiger charge is 2.27. The van der Waals surface area contributed by atoms with Gasteiger partial charge in [0.2, 0.25) is 0 Å². The quantitative estimate of drug-likeness (QED) is 0.723. The van der Waals surface area contributed by atoms with E-state index in [0.717, 1.165) is 0 Å². The van der Waals surface area contributed by atoms with E-state index in [1.165, 1.54) is 0 Å². The minimum Gasteiger partial charge on any atom is -0.391 e. The lowest BCUT2D eigenvalue weighted by Crippen LogP contribution is -2.49. The lowest BCUT2D eigenvalue weighted by atomic mass is 10.2.